The van der Waals surface area contributed by atoms with Crippen molar-refractivity contribution in [3.8, 4) is 11.3 Å². The number of hydrogen-bond donors (Lipinski definition) is 1. The van der Waals surface area contributed by atoms with Gasteiger partial charge in [-0.15, -0.1) is 11.3 Å². The van der Waals surface area contributed by atoms with Crippen LogP contribution in [0.3, 0.4) is 0 Å². The molecule has 1 fully saturated rings. The number of nitrogens with zero attached hydrogens (tertiary/aromatic N) is 1. The highest BCUT2D eigenvalue weighted by molar-refractivity contribution is 7.15. The molecule has 0 radical (unpaired) electrons. The summed E-state index contributed by atoms with van der Waals surface area (Å²) in [5, 5.41) is 5.23. The maximum Gasteiger partial charge on any atom is 0.341 e. The SMILES string of the molecule is CCOC(=O)c1c(-c2ccc(C)o2)csc1NC(=O)CN1CCCC(C)C1. The lowest BCUT2D eigenvalue weighted by molar-refractivity contribution is -0.117. The fraction of sp³-hybridized carbons (Fsp3) is 0.500. The Kier molecular flexibility index (Phi) is 6.34. The predicted octanol–water partition coefficient (Wildman–Crippen LogP) is 4.16. The molecule has 6 nitrogen and oxygen atoms in total. The fourth-order valence-electron chi connectivity index (χ4n) is 3.42. The van der Waals surface area contributed by atoms with Crippen molar-refractivity contribution in [1.82, 2.24) is 4.90 Å². The molecule has 1 atom stereocenters. The molecule has 0 bridgehead atoms. The molecule has 0 aromatic carbocycles. The highest BCUT2D eigenvalue weighted by Gasteiger charge is 2.25. The molecule has 0 spiro atoms. The minimum atomic E-state index is -0.454. The van der Waals surface area contributed by atoms with Gasteiger partial charge in [0.15, 0.2) is 0 Å². The van der Waals surface area contributed by atoms with Crippen molar-refractivity contribution in [2.75, 3.05) is 31.6 Å². The quantitative estimate of drug-likeness (QED) is 0.750. The third-order valence-electron chi connectivity index (χ3n) is 4.64. The molecule has 0 saturated carbocycles. The minimum absolute atomic E-state index is 0.112. The van der Waals surface area contributed by atoms with E-state index >= 15 is 0 Å². The molecule has 2 aromatic rings. The van der Waals surface area contributed by atoms with E-state index < -0.39 is 5.97 Å². The van der Waals surface area contributed by atoms with E-state index in [4.69, 9.17) is 9.15 Å². The summed E-state index contributed by atoms with van der Waals surface area (Å²) in [6.45, 7) is 8.28. The van der Waals surface area contributed by atoms with Gasteiger partial charge in [-0.25, -0.2) is 4.79 Å². The molecule has 1 unspecified atom stereocenters. The van der Waals surface area contributed by atoms with E-state index in [1.165, 1.54) is 17.8 Å². The van der Waals surface area contributed by atoms with Crippen LogP contribution in [0.2, 0.25) is 0 Å². The van der Waals surface area contributed by atoms with E-state index in [1.54, 1.807) is 6.92 Å². The molecule has 2 aromatic heterocycles. The van der Waals surface area contributed by atoms with E-state index in [0.717, 1.165) is 25.3 Å². The molecule has 146 valence electrons. The van der Waals surface area contributed by atoms with Gasteiger partial charge in [0.1, 0.15) is 22.1 Å². The van der Waals surface area contributed by atoms with Crippen LogP contribution in [-0.2, 0) is 9.53 Å². The minimum Gasteiger partial charge on any atom is -0.462 e. The molecule has 1 saturated heterocycles. The first kappa shape index (κ1) is 19.6. The summed E-state index contributed by atoms with van der Waals surface area (Å²) in [5.41, 5.74) is 1.00. The number of carbonyl (C=O) groups excluding carboxylic acids is 2. The summed E-state index contributed by atoms with van der Waals surface area (Å²) in [4.78, 5) is 27.2. The number of furan rings is 1. The molecular formula is C20H26N2O4S. The van der Waals surface area contributed by atoms with Crippen LogP contribution in [0.5, 0.6) is 0 Å². The van der Waals surface area contributed by atoms with E-state index in [1.807, 2.05) is 24.4 Å². The van der Waals surface area contributed by atoms with Gasteiger partial charge in [0.05, 0.1) is 13.2 Å². The Hall–Kier alpha value is -2.12. The van der Waals surface area contributed by atoms with Gasteiger partial charge < -0.3 is 14.5 Å². The van der Waals surface area contributed by atoms with Crippen LogP contribution in [-0.4, -0.2) is 43.0 Å². The third kappa shape index (κ3) is 4.78. The molecule has 0 aliphatic carbocycles. The van der Waals surface area contributed by atoms with Crippen molar-refractivity contribution in [3.05, 3.63) is 28.8 Å². The van der Waals surface area contributed by atoms with Gasteiger partial charge in [-0.3, -0.25) is 9.69 Å². The highest BCUT2D eigenvalue weighted by Crippen LogP contribution is 2.37. The van der Waals surface area contributed by atoms with Crippen LogP contribution in [0.25, 0.3) is 11.3 Å². The number of esters is 1. The number of ether oxygens (including phenoxy) is 1. The number of hydrogen-bond acceptors (Lipinski definition) is 6. The lowest BCUT2D eigenvalue weighted by atomic mass is 10.0. The van der Waals surface area contributed by atoms with Crippen molar-refractivity contribution >= 4 is 28.2 Å². The maximum atomic E-state index is 12.5. The molecule has 3 rings (SSSR count). The fourth-order valence-corrected chi connectivity index (χ4v) is 4.37. The first-order valence-corrected chi connectivity index (χ1v) is 10.2. The van der Waals surface area contributed by atoms with Gasteiger partial charge in [-0.1, -0.05) is 6.92 Å². The van der Waals surface area contributed by atoms with Gasteiger partial charge in [-0.05, 0) is 51.3 Å². The number of thiophene rings is 1. The molecule has 1 aliphatic heterocycles. The topological polar surface area (TPSA) is 71.8 Å². The standard InChI is InChI=1S/C20H26N2O4S/c1-4-25-20(24)18-15(16-8-7-14(3)26-16)12-27-19(18)21-17(23)11-22-9-5-6-13(2)10-22/h7-8,12-13H,4-6,9-11H2,1-3H3,(H,21,23). The molecule has 7 heteroatoms. The lowest BCUT2D eigenvalue weighted by Gasteiger charge is -2.30. The number of nitrogens with one attached hydrogen (secondary N) is 1. The summed E-state index contributed by atoms with van der Waals surface area (Å²) in [6, 6.07) is 3.67. The van der Waals surface area contributed by atoms with Crippen molar-refractivity contribution in [1.29, 1.82) is 0 Å². The Morgan fingerprint density at radius 3 is 2.89 bits per heavy atom. The summed E-state index contributed by atoms with van der Waals surface area (Å²) in [5.74, 6) is 1.40. The highest BCUT2D eigenvalue weighted by atomic mass is 32.1. The van der Waals surface area contributed by atoms with Crippen molar-refractivity contribution in [3.63, 3.8) is 0 Å². The zero-order valence-electron chi connectivity index (χ0n) is 16.0. The predicted molar refractivity (Wildman–Crippen MR) is 106 cm³/mol. The van der Waals surface area contributed by atoms with Crippen LogP contribution in [0, 0.1) is 12.8 Å². The number of piperidine rings is 1. The van der Waals surface area contributed by atoms with Crippen LogP contribution >= 0.6 is 11.3 Å². The largest absolute Gasteiger partial charge is 0.462 e. The van der Waals surface area contributed by atoms with Crippen LogP contribution in [0.4, 0.5) is 5.00 Å². The normalized spacial score (nSPS) is 17.7. The number of amides is 1. The lowest BCUT2D eigenvalue weighted by Crippen LogP contribution is -2.39. The van der Waals surface area contributed by atoms with Gasteiger partial charge in [-0.2, -0.15) is 0 Å². The van der Waals surface area contributed by atoms with Crippen molar-refractivity contribution < 1.29 is 18.7 Å². The monoisotopic (exact) mass is 390 g/mol. The Morgan fingerprint density at radius 1 is 1.41 bits per heavy atom. The Morgan fingerprint density at radius 2 is 2.22 bits per heavy atom. The van der Waals surface area contributed by atoms with E-state index in [2.05, 4.69) is 17.1 Å². The van der Waals surface area contributed by atoms with Crippen molar-refractivity contribution in [2.24, 2.45) is 5.92 Å². The average Bonchev–Trinajstić information content (AvgIpc) is 3.21. The van der Waals surface area contributed by atoms with Gasteiger partial charge in [0.25, 0.3) is 0 Å². The van der Waals surface area contributed by atoms with Crippen LogP contribution < -0.4 is 5.32 Å². The molecule has 1 N–H and O–H groups in total. The smallest absolute Gasteiger partial charge is 0.341 e. The van der Waals surface area contributed by atoms with E-state index in [-0.39, 0.29) is 12.5 Å². The van der Waals surface area contributed by atoms with Crippen LogP contribution in [0.1, 0.15) is 42.8 Å². The van der Waals surface area contributed by atoms with Gasteiger partial charge >= 0.3 is 5.97 Å². The first-order chi connectivity index (χ1) is 13.0. The molecule has 1 amide bonds. The molecule has 27 heavy (non-hydrogen) atoms. The first-order valence-electron chi connectivity index (χ1n) is 9.35. The second kappa shape index (κ2) is 8.71. The number of likely N-dealkylation sites (tertiary alicyclic amines) is 1. The zero-order chi connectivity index (χ0) is 19.4. The van der Waals surface area contributed by atoms with Crippen LogP contribution in [0.15, 0.2) is 21.9 Å². The van der Waals surface area contributed by atoms with E-state index in [0.29, 0.717) is 34.4 Å². The molecular weight excluding hydrogens is 364 g/mol. The summed E-state index contributed by atoms with van der Waals surface area (Å²) in [6.07, 6.45) is 2.32. The maximum absolute atomic E-state index is 12.5. The third-order valence-corrected chi connectivity index (χ3v) is 5.53. The van der Waals surface area contributed by atoms with E-state index in [9.17, 15) is 9.59 Å². The summed E-state index contributed by atoms with van der Waals surface area (Å²) < 4.78 is 10.9. The van der Waals surface area contributed by atoms with Gasteiger partial charge in [0, 0.05) is 17.5 Å². The van der Waals surface area contributed by atoms with Crippen molar-refractivity contribution in [2.45, 2.75) is 33.6 Å². The number of anilines is 1. The number of rotatable bonds is 6. The second-order valence-corrected chi connectivity index (χ2v) is 7.89. The Bertz CT molecular complexity index is 811. The summed E-state index contributed by atoms with van der Waals surface area (Å²) in [7, 11) is 0. The summed E-state index contributed by atoms with van der Waals surface area (Å²) >= 11 is 1.31. The second-order valence-electron chi connectivity index (χ2n) is 7.01. The number of aryl methyl sites for hydroxylation is 1. The number of carbonyl (C=O) groups is 2. The zero-order valence-corrected chi connectivity index (χ0v) is 16.9. The Labute approximate surface area is 163 Å². The van der Waals surface area contributed by atoms with Gasteiger partial charge in [0.2, 0.25) is 5.91 Å². The Balaban J connectivity index is 1.79. The average molecular weight is 391 g/mol. The molecule has 3 heterocycles. The molecule has 1 aliphatic rings.